The van der Waals surface area contributed by atoms with Crippen molar-refractivity contribution in [3.05, 3.63) is 22.4 Å². The number of carbonyl (C=O) groups excluding carboxylic acids is 1. The SMILES string of the molecule is CC(CN)C(=O)NCCc1cccs1.Cl. The first kappa shape index (κ1) is 14.4. The Morgan fingerprint density at radius 1 is 1.67 bits per heavy atom. The Morgan fingerprint density at radius 2 is 2.40 bits per heavy atom. The van der Waals surface area contributed by atoms with Crippen molar-refractivity contribution in [2.75, 3.05) is 13.1 Å². The second kappa shape index (κ2) is 7.68. The summed E-state index contributed by atoms with van der Waals surface area (Å²) in [6.07, 6.45) is 0.903. The minimum Gasteiger partial charge on any atom is -0.355 e. The molecule has 0 aliphatic rings. The quantitative estimate of drug-likeness (QED) is 0.828. The van der Waals surface area contributed by atoms with E-state index in [1.807, 2.05) is 18.4 Å². The van der Waals surface area contributed by atoms with Crippen LogP contribution in [0.15, 0.2) is 17.5 Å². The van der Waals surface area contributed by atoms with Crippen LogP contribution < -0.4 is 11.1 Å². The van der Waals surface area contributed by atoms with E-state index in [0.29, 0.717) is 13.1 Å². The molecule has 86 valence electrons. The zero-order chi connectivity index (χ0) is 10.4. The molecule has 0 aromatic carbocycles. The monoisotopic (exact) mass is 248 g/mol. The Bertz CT molecular complexity index is 277. The van der Waals surface area contributed by atoms with Gasteiger partial charge < -0.3 is 11.1 Å². The maximum absolute atomic E-state index is 11.3. The number of hydrogen-bond donors (Lipinski definition) is 2. The third-order valence-corrected chi connectivity index (χ3v) is 2.99. The standard InChI is InChI=1S/C10H16N2OS.ClH/c1-8(7-11)10(13)12-5-4-9-3-2-6-14-9;/h2-3,6,8H,4-5,7,11H2,1H3,(H,12,13);1H. The van der Waals surface area contributed by atoms with Crippen molar-refractivity contribution in [2.24, 2.45) is 11.7 Å². The molecule has 0 saturated carbocycles. The van der Waals surface area contributed by atoms with Gasteiger partial charge in [-0.1, -0.05) is 13.0 Å². The highest BCUT2D eigenvalue weighted by molar-refractivity contribution is 7.09. The van der Waals surface area contributed by atoms with Crippen LogP contribution in [0, 0.1) is 5.92 Å². The first-order valence-electron chi connectivity index (χ1n) is 4.74. The lowest BCUT2D eigenvalue weighted by molar-refractivity contribution is -0.124. The molecule has 1 unspecified atom stereocenters. The summed E-state index contributed by atoms with van der Waals surface area (Å²) in [5.41, 5.74) is 5.38. The van der Waals surface area contributed by atoms with Gasteiger partial charge in [-0.15, -0.1) is 23.7 Å². The molecule has 1 amide bonds. The summed E-state index contributed by atoms with van der Waals surface area (Å²) in [5, 5.41) is 4.90. The van der Waals surface area contributed by atoms with Gasteiger partial charge in [0.15, 0.2) is 0 Å². The summed E-state index contributed by atoms with van der Waals surface area (Å²) >= 11 is 1.71. The second-order valence-electron chi connectivity index (χ2n) is 3.26. The molecule has 0 aliphatic carbocycles. The van der Waals surface area contributed by atoms with Crippen LogP contribution in [0.2, 0.25) is 0 Å². The van der Waals surface area contributed by atoms with E-state index >= 15 is 0 Å². The maximum Gasteiger partial charge on any atom is 0.224 e. The molecule has 0 radical (unpaired) electrons. The predicted molar refractivity (Wildman–Crippen MR) is 66.5 cm³/mol. The Balaban J connectivity index is 0.00000196. The molecule has 0 fully saturated rings. The lowest BCUT2D eigenvalue weighted by atomic mass is 10.1. The number of amides is 1. The number of rotatable bonds is 5. The highest BCUT2D eigenvalue weighted by atomic mass is 35.5. The number of thiophene rings is 1. The average molecular weight is 249 g/mol. The zero-order valence-corrected chi connectivity index (χ0v) is 10.4. The van der Waals surface area contributed by atoms with Crippen molar-refractivity contribution in [1.82, 2.24) is 5.32 Å². The van der Waals surface area contributed by atoms with Crippen molar-refractivity contribution in [2.45, 2.75) is 13.3 Å². The third kappa shape index (κ3) is 5.16. The van der Waals surface area contributed by atoms with Gasteiger partial charge in [0, 0.05) is 23.9 Å². The molecule has 0 saturated heterocycles. The Labute approximate surface area is 100 Å². The van der Waals surface area contributed by atoms with E-state index in [0.717, 1.165) is 6.42 Å². The van der Waals surface area contributed by atoms with Crippen LogP contribution in [0.4, 0.5) is 0 Å². The van der Waals surface area contributed by atoms with Crippen LogP contribution in [-0.2, 0) is 11.2 Å². The van der Waals surface area contributed by atoms with Crippen LogP contribution >= 0.6 is 23.7 Å². The fourth-order valence-electron chi connectivity index (χ4n) is 1.04. The fourth-order valence-corrected chi connectivity index (χ4v) is 1.75. The minimum atomic E-state index is -0.0849. The van der Waals surface area contributed by atoms with Gasteiger partial charge in [0.2, 0.25) is 5.91 Å². The number of hydrogen-bond acceptors (Lipinski definition) is 3. The number of halogens is 1. The van der Waals surface area contributed by atoms with Crippen molar-refractivity contribution in [3.63, 3.8) is 0 Å². The first-order chi connectivity index (χ1) is 6.74. The fraction of sp³-hybridized carbons (Fsp3) is 0.500. The number of nitrogens with one attached hydrogen (secondary N) is 1. The molecule has 0 aliphatic heterocycles. The Kier molecular flexibility index (Phi) is 7.38. The molecule has 15 heavy (non-hydrogen) atoms. The average Bonchev–Trinajstić information content (AvgIpc) is 2.69. The van der Waals surface area contributed by atoms with Crippen molar-refractivity contribution in [3.8, 4) is 0 Å². The largest absolute Gasteiger partial charge is 0.355 e. The third-order valence-electron chi connectivity index (χ3n) is 2.05. The van der Waals surface area contributed by atoms with Crippen LogP contribution in [0.3, 0.4) is 0 Å². The predicted octanol–water partition coefficient (Wildman–Crippen LogP) is 1.42. The molecule has 1 rings (SSSR count). The van der Waals surface area contributed by atoms with Crippen molar-refractivity contribution in [1.29, 1.82) is 0 Å². The zero-order valence-electron chi connectivity index (χ0n) is 8.73. The molecular formula is C10H17ClN2OS. The van der Waals surface area contributed by atoms with Gasteiger partial charge in [0.05, 0.1) is 0 Å². The highest BCUT2D eigenvalue weighted by Crippen LogP contribution is 2.08. The molecule has 1 aromatic heterocycles. The molecule has 3 N–H and O–H groups in total. The van der Waals surface area contributed by atoms with Crippen LogP contribution in [0.5, 0.6) is 0 Å². The van der Waals surface area contributed by atoms with Gasteiger partial charge in [0.25, 0.3) is 0 Å². The van der Waals surface area contributed by atoms with Crippen LogP contribution in [-0.4, -0.2) is 19.0 Å². The van der Waals surface area contributed by atoms with E-state index in [-0.39, 0.29) is 24.2 Å². The summed E-state index contributed by atoms with van der Waals surface area (Å²) in [6.45, 7) is 2.94. The van der Waals surface area contributed by atoms with E-state index < -0.39 is 0 Å². The van der Waals surface area contributed by atoms with E-state index in [4.69, 9.17) is 5.73 Å². The molecule has 1 atom stereocenters. The second-order valence-corrected chi connectivity index (χ2v) is 4.29. The van der Waals surface area contributed by atoms with Gasteiger partial charge >= 0.3 is 0 Å². The van der Waals surface area contributed by atoms with E-state index in [9.17, 15) is 4.79 Å². The molecule has 0 spiro atoms. The van der Waals surface area contributed by atoms with Crippen LogP contribution in [0.25, 0.3) is 0 Å². The highest BCUT2D eigenvalue weighted by Gasteiger charge is 2.09. The summed E-state index contributed by atoms with van der Waals surface area (Å²) in [4.78, 5) is 12.6. The molecular weight excluding hydrogens is 232 g/mol. The first-order valence-corrected chi connectivity index (χ1v) is 5.62. The van der Waals surface area contributed by atoms with Gasteiger partial charge in [-0.05, 0) is 17.9 Å². The van der Waals surface area contributed by atoms with E-state index in [2.05, 4.69) is 11.4 Å². The van der Waals surface area contributed by atoms with E-state index in [1.165, 1.54) is 4.88 Å². The van der Waals surface area contributed by atoms with Crippen LogP contribution in [0.1, 0.15) is 11.8 Å². The Morgan fingerprint density at radius 3 is 2.93 bits per heavy atom. The number of carbonyl (C=O) groups is 1. The molecule has 3 nitrogen and oxygen atoms in total. The lowest BCUT2D eigenvalue weighted by Gasteiger charge is -2.08. The maximum atomic E-state index is 11.3. The summed E-state index contributed by atoms with van der Waals surface area (Å²) in [5.74, 6) is -0.0395. The lowest BCUT2D eigenvalue weighted by Crippen LogP contribution is -2.34. The molecule has 1 heterocycles. The van der Waals surface area contributed by atoms with Crippen molar-refractivity contribution >= 4 is 29.7 Å². The molecule has 0 bridgehead atoms. The topological polar surface area (TPSA) is 55.1 Å². The van der Waals surface area contributed by atoms with Gasteiger partial charge in [0.1, 0.15) is 0 Å². The van der Waals surface area contributed by atoms with Gasteiger partial charge in [-0.3, -0.25) is 4.79 Å². The van der Waals surface area contributed by atoms with Gasteiger partial charge in [-0.25, -0.2) is 0 Å². The van der Waals surface area contributed by atoms with Crippen molar-refractivity contribution < 1.29 is 4.79 Å². The summed E-state index contributed by atoms with van der Waals surface area (Å²) in [7, 11) is 0. The summed E-state index contributed by atoms with van der Waals surface area (Å²) < 4.78 is 0. The smallest absolute Gasteiger partial charge is 0.224 e. The van der Waals surface area contributed by atoms with E-state index in [1.54, 1.807) is 11.3 Å². The molecule has 1 aromatic rings. The molecule has 5 heteroatoms. The summed E-state index contributed by atoms with van der Waals surface area (Å²) in [6, 6.07) is 4.09. The Hall–Kier alpha value is -0.580. The number of nitrogens with two attached hydrogens (primary N) is 1. The van der Waals surface area contributed by atoms with Gasteiger partial charge in [-0.2, -0.15) is 0 Å². The normalized spacial score (nSPS) is 11.6. The minimum absolute atomic E-state index is 0.